The minimum absolute atomic E-state index is 0.285. The van der Waals surface area contributed by atoms with Crippen molar-refractivity contribution in [1.82, 2.24) is 0 Å². The number of rotatable bonds is 6. The summed E-state index contributed by atoms with van der Waals surface area (Å²) in [5, 5.41) is 0. The predicted octanol–water partition coefficient (Wildman–Crippen LogP) is 0.889. The number of benzene rings is 1. The van der Waals surface area contributed by atoms with Gasteiger partial charge >= 0.3 is 0 Å². The summed E-state index contributed by atoms with van der Waals surface area (Å²) in [6.07, 6.45) is 1.38. The van der Waals surface area contributed by atoms with E-state index in [9.17, 15) is 17.2 Å². The van der Waals surface area contributed by atoms with E-state index in [1.165, 1.54) is 0 Å². The SMILES string of the molecule is CS(=O)(=O)CCOc1c(F)cc(CCN)cc1F. The van der Waals surface area contributed by atoms with Crippen LogP contribution in [0, 0.1) is 11.6 Å². The van der Waals surface area contributed by atoms with Crippen LogP contribution in [0.1, 0.15) is 5.56 Å². The van der Waals surface area contributed by atoms with E-state index in [0.29, 0.717) is 12.0 Å². The molecule has 0 aliphatic rings. The molecule has 0 radical (unpaired) electrons. The Labute approximate surface area is 105 Å². The van der Waals surface area contributed by atoms with Crippen molar-refractivity contribution in [3.05, 3.63) is 29.3 Å². The summed E-state index contributed by atoms with van der Waals surface area (Å²) >= 11 is 0. The maximum atomic E-state index is 13.5. The summed E-state index contributed by atoms with van der Waals surface area (Å²) in [5.74, 6) is -2.56. The molecule has 1 aromatic carbocycles. The topological polar surface area (TPSA) is 69.4 Å². The molecule has 1 rings (SSSR count). The third kappa shape index (κ3) is 4.58. The van der Waals surface area contributed by atoms with Gasteiger partial charge in [0, 0.05) is 6.26 Å². The number of halogens is 2. The first-order valence-corrected chi connectivity index (χ1v) is 7.38. The molecule has 7 heteroatoms. The van der Waals surface area contributed by atoms with Gasteiger partial charge in [0.15, 0.2) is 27.2 Å². The van der Waals surface area contributed by atoms with Crippen molar-refractivity contribution >= 4 is 9.84 Å². The lowest BCUT2D eigenvalue weighted by atomic mass is 10.1. The smallest absolute Gasteiger partial charge is 0.190 e. The van der Waals surface area contributed by atoms with Gasteiger partial charge in [-0.2, -0.15) is 0 Å². The summed E-state index contributed by atoms with van der Waals surface area (Å²) < 4.78 is 53.5. The first-order valence-electron chi connectivity index (χ1n) is 5.32. The van der Waals surface area contributed by atoms with E-state index < -0.39 is 27.2 Å². The Morgan fingerprint density at radius 1 is 1.28 bits per heavy atom. The first-order chi connectivity index (χ1) is 8.33. The summed E-state index contributed by atoms with van der Waals surface area (Å²) in [6.45, 7) is -0.00390. The van der Waals surface area contributed by atoms with Crippen LogP contribution in [-0.2, 0) is 16.3 Å². The molecule has 0 fully saturated rings. The molecule has 0 aliphatic heterocycles. The lowest BCUT2D eigenvalue weighted by molar-refractivity contribution is 0.303. The van der Waals surface area contributed by atoms with Crippen LogP contribution < -0.4 is 10.5 Å². The number of ether oxygens (including phenoxy) is 1. The molecule has 2 N–H and O–H groups in total. The Kier molecular flexibility index (Phi) is 5.03. The van der Waals surface area contributed by atoms with Gasteiger partial charge in [-0.1, -0.05) is 0 Å². The van der Waals surface area contributed by atoms with E-state index in [4.69, 9.17) is 10.5 Å². The van der Waals surface area contributed by atoms with E-state index in [1.807, 2.05) is 0 Å². The van der Waals surface area contributed by atoms with Crippen LogP contribution in [0.2, 0.25) is 0 Å². The van der Waals surface area contributed by atoms with E-state index in [0.717, 1.165) is 18.4 Å². The van der Waals surface area contributed by atoms with Crippen molar-refractivity contribution in [3.8, 4) is 5.75 Å². The third-order valence-corrected chi connectivity index (χ3v) is 3.10. The normalized spacial score (nSPS) is 11.6. The minimum atomic E-state index is -3.22. The van der Waals surface area contributed by atoms with Crippen LogP contribution in [0.4, 0.5) is 8.78 Å². The van der Waals surface area contributed by atoms with Gasteiger partial charge in [-0.25, -0.2) is 17.2 Å². The van der Waals surface area contributed by atoms with E-state index in [1.54, 1.807) is 0 Å². The van der Waals surface area contributed by atoms with Crippen LogP contribution in [0.25, 0.3) is 0 Å². The molecule has 0 amide bonds. The molecule has 4 nitrogen and oxygen atoms in total. The second-order valence-corrected chi connectivity index (χ2v) is 6.17. The van der Waals surface area contributed by atoms with Crippen molar-refractivity contribution in [3.63, 3.8) is 0 Å². The Balaban J connectivity index is 2.77. The lowest BCUT2D eigenvalue weighted by Crippen LogP contribution is -2.13. The fraction of sp³-hybridized carbons (Fsp3) is 0.455. The molecule has 0 atom stereocenters. The van der Waals surface area contributed by atoms with E-state index in [-0.39, 0.29) is 18.9 Å². The van der Waals surface area contributed by atoms with Crippen LogP contribution in [0.15, 0.2) is 12.1 Å². The molecule has 0 saturated heterocycles. The molecule has 102 valence electrons. The number of sulfone groups is 1. The highest BCUT2D eigenvalue weighted by Crippen LogP contribution is 2.23. The average molecular weight is 279 g/mol. The average Bonchev–Trinajstić information content (AvgIpc) is 2.21. The zero-order valence-electron chi connectivity index (χ0n) is 9.95. The highest BCUT2D eigenvalue weighted by molar-refractivity contribution is 7.90. The maximum absolute atomic E-state index is 13.5. The molecule has 0 unspecified atom stereocenters. The summed E-state index contributed by atoms with van der Waals surface area (Å²) in [5.41, 5.74) is 5.72. The summed E-state index contributed by atoms with van der Waals surface area (Å²) in [7, 11) is -3.22. The van der Waals surface area contributed by atoms with Gasteiger partial charge in [-0.05, 0) is 30.7 Å². The van der Waals surface area contributed by atoms with Crippen LogP contribution >= 0.6 is 0 Å². The van der Waals surface area contributed by atoms with Gasteiger partial charge in [0.25, 0.3) is 0 Å². The Morgan fingerprint density at radius 2 is 1.83 bits per heavy atom. The van der Waals surface area contributed by atoms with Gasteiger partial charge in [-0.15, -0.1) is 0 Å². The van der Waals surface area contributed by atoms with E-state index in [2.05, 4.69) is 0 Å². The van der Waals surface area contributed by atoms with Crippen LogP contribution in [-0.4, -0.2) is 33.6 Å². The summed E-state index contributed by atoms with van der Waals surface area (Å²) in [4.78, 5) is 0. The van der Waals surface area contributed by atoms with Crippen molar-refractivity contribution < 1.29 is 21.9 Å². The molecule has 0 heterocycles. The van der Waals surface area contributed by atoms with Gasteiger partial charge in [0.1, 0.15) is 6.61 Å². The first kappa shape index (κ1) is 14.8. The van der Waals surface area contributed by atoms with Gasteiger partial charge in [0.05, 0.1) is 5.75 Å². The summed E-state index contributed by atoms with van der Waals surface area (Å²) in [6, 6.07) is 2.26. The van der Waals surface area contributed by atoms with Gasteiger partial charge in [0.2, 0.25) is 0 Å². The predicted molar refractivity (Wildman–Crippen MR) is 64.3 cm³/mol. The molecular formula is C11H15F2NO3S. The van der Waals surface area contributed by atoms with Gasteiger partial charge in [-0.3, -0.25) is 0 Å². The van der Waals surface area contributed by atoms with E-state index >= 15 is 0 Å². The third-order valence-electron chi connectivity index (χ3n) is 2.19. The standard InChI is InChI=1S/C11H15F2NO3S/c1-18(15,16)5-4-17-11-9(12)6-8(2-3-14)7-10(11)13/h6-7H,2-5,14H2,1H3. The zero-order valence-corrected chi connectivity index (χ0v) is 10.8. The molecule has 0 saturated carbocycles. The van der Waals surface area contributed by atoms with Crippen molar-refractivity contribution in [2.75, 3.05) is 25.2 Å². The van der Waals surface area contributed by atoms with Crippen LogP contribution in [0.3, 0.4) is 0 Å². The highest BCUT2D eigenvalue weighted by atomic mass is 32.2. The molecule has 0 spiro atoms. The molecule has 0 aliphatic carbocycles. The number of hydrogen-bond acceptors (Lipinski definition) is 4. The Bertz CT molecular complexity index is 494. The van der Waals surface area contributed by atoms with Crippen molar-refractivity contribution in [2.45, 2.75) is 6.42 Å². The molecular weight excluding hydrogens is 264 g/mol. The fourth-order valence-electron chi connectivity index (χ4n) is 1.36. The number of nitrogens with two attached hydrogens (primary N) is 1. The Hall–Kier alpha value is -1.21. The molecule has 18 heavy (non-hydrogen) atoms. The minimum Gasteiger partial charge on any atom is -0.487 e. The monoisotopic (exact) mass is 279 g/mol. The second kappa shape index (κ2) is 6.10. The second-order valence-electron chi connectivity index (χ2n) is 3.91. The Morgan fingerprint density at radius 3 is 2.28 bits per heavy atom. The maximum Gasteiger partial charge on any atom is 0.190 e. The molecule has 0 bridgehead atoms. The highest BCUT2D eigenvalue weighted by Gasteiger charge is 2.13. The van der Waals surface area contributed by atoms with Gasteiger partial charge < -0.3 is 10.5 Å². The molecule has 0 aromatic heterocycles. The largest absolute Gasteiger partial charge is 0.487 e. The quantitative estimate of drug-likeness (QED) is 0.839. The lowest BCUT2D eigenvalue weighted by Gasteiger charge is -2.09. The zero-order chi connectivity index (χ0) is 13.8. The fourth-order valence-corrected chi connectivity index (χ4v) is 1.74. The van der Waals surface area contributed by atoms with Crippen LogP contribution in [0.5, 0.6) is 5.75 Å². The van der Waals surface area contributed by atoms with Crippen molar-refractivity contribution in [2.24, 2.45) is 5.73 Å². The van der Waals surface area contributed by atoms with Crippen molar-refractivity contribution in [1.29, 1.82) is 0 Å². The number of hydrogen-bond donors (Lipinski definition) is 1. The molecule has 1 aromatic rings.